The lowest BCUT2D eigenvalue weighted by molar-refractivity contribution is -0.129. The molecule has 1 aliphatic rings. The van der Waals surface area contributed by atoms with Gasteiger partial charge in [-0.15, -0.1) is 0 Å². The molecule has 0 fully saturated rings. The van der Waals surface area contributed by atoms with Gasteiger partial charge in [0.1, 0.15) is 5.82 Å². The van der Waals surface area contributed by atoms with E-state index < -0.39 is 17.3 Å². The van der Waals surface area contributed by atoms with Gasteiger partial charge < -0.3 is 10.4 Å². The molecule has 2 N–H and O–H groups in total. The molecule has 0 aromatic heterocycles. The fourth-order valence-electron chi connectivity index (χ4n) is 2.35. The third-order valence-corrected chi connectivity index (χ3v) is 3.48. The molecule has 1 amide bonds. The van der Waals surface area contributed by atoms with E-state index in [4.69, 9.17) is 0 Å². The number of nitrogens with one attached hydrogen (secondary N) is 1. The van der Waals surface area contributed by atoms with Crippen LogP contribution in [0.4, 0.5) is 10.1 Å². The highest BCUT2D eigenvalue weighted by Gasteiger charge is 2.46. The first-order valence-corrected chi connectivity index (χ1v) is 5.93. The predicted octanol–water partition coefficient (Wildman–Crippen LogP) is 2.32. The minimum atomic E-state index is -1.83. The van der Waals surface area contributed by atoms with E-state index in [9.17, 15) is 14.3 Å². The molecular weight excluding hydrogens is 245 g/mol. The summed E-state index contributed by atoms with van der Waals surface area (Å²) >= 11 is 0. The summed E-state index contributed by atoms with van der Waals surface area (Å²) in [6, 6.07) is 11.2. The zero-order chi connectivity index (χ0) is 13.6. The summed E-state index contributed by atoms with van der Waals surface area (Å²) in [5, 5.41) is 13.3. The summed E-state index contributed by atoms with van der Waals surface area (Å²) in [4.78, 5) is 12.1. The largest absolute Gasteiger partial charge is 0.372 e. The Bertz CT molecular complexity index is 684. The third-order valence-electron chi connectivity index (χ3n) is 3.48. The number of hydrogen-bond donors (Lipinski definition) is 2. The molecule has 19 heavy (non-hydrogen) atoms. The van der Waals surface area contributed by atoms with Crippen molar-refractivity contribution in [3.8, 4) is 0 Å². The number of hydrogen-bond acceptors (Lipinski definition) is 2. The number of fused-ring (bicyclic) bond motifs is 1. The topological polar surface area (TPSA) is 49.3 Å². The summed E-state index contributed by atoms with van der Waals surface area (Å²) < 4.78 is 13.7. The lowest BCUT2D eigenvalue weighted by Crippen LogP contribution is -2.35. The lowest BCUT2D eigenvalue weighted by atomic mass is 9.87. The van der Waals surface area contributed by atoms with Crippen molar-refractivity contribution in [2.24, 2.45) is 0 Å². The van der Waals surface area contributed by atoms with Gasteiger partial charge >= 0.3 is 0 Å². The van der Waals surface area contributed by atoms with E-state index in [-0.39, 0.29) is 5.56 Å². The SMILES string of the molecule is Cc1ccc(C2(O)C(=O)Nc3ccccc32)cc1F. The van der Waals surface area contributed by atoms with Crippen LogP contribution in [0.3, 0.4) is 0 Å². The smallest absolute Gasteiger partial charge is 0.265 e. The summed E-state index contributed by atoms with van der Waals surface area (Å²) in [5.41, 5.74) is -0.123. The molecule has 3 rings (SSSR count). The first kappa shape index (κ1) is 11.9. The molecule has 2 aromatic carbocycles. The van der Waals surface area contributed by atoms with E-state index in [1.807, 2.05) is 0 Å². The van der Waals surface area contributed by atoms with E-state index in [2.05, 4.69) is 5.32 Å². The van der Waals surface area contributed by atoms with Gasteiger partial charge in [0.15, 0.2) is 5.60 Å². The Morgan fingerprint density at radius 1 is 1.21 bits per heavy atom. The maximum absolute atomic E-state index is 13.7. The monoisotopic (exact) mass is 257 g/mol. The van der Waals surface area contributed by atoms with Gasteiger partial charge in [-0.1, -0.05) is 30.3 Å². The Labute approximate surface area is 109 Å². The second-order valence-corrected chi connectivity index (χ2v) is 4.67. The molecule has 1 atom stereocenters. The van der Waals surface area contributed by atoms with Crippen LogP contribution in [-0.2, 0) is 10.4 Å². The van der Waals surface area contributed by atoms with Gasteiger partial charge in [-0.2, -0.15) is 0 Å². The minimum absolute atomic E-state index is 0.234. The molecule has 0 saturated heterocycles. The maximum atomic E-state index is 13.7. The van der Waals surface area contributed by atoms with Crippen molar-refractivity contribution in [2.45, 2.75) is 12.5 Å². The Kier molecular flexibility index (Phi) is 2.43. The van der Waals surface area contributed by atoms with E-state index in [1.165, 1.54) is 6.07 Å². The quantitative estimate of drug-likeness (QED) is 0.823. The number of benzene rings is 2. The molecular formula is C15H12FNO2. The van der Waals surface area contributed by atoms with E-state index in [1.54, 1.807) is 43.3 Å². The number of anilines is 1. The Hall–Kier alpha value is -2.20. The number of para-hydroxylation sites is 1. The number of aryl methyl sites for hydroxylation is 1. The molecule has 0 saturated carbocycles. The Morgan fingerprint density at radius 3 is 2.68 bits per heavy atom. The molecule has 0 aliphatic carbocycles. The Morgan fingerprint density at radius 2 is 1.95 bits per heavy atom. The summed E-state index contributed by atoms with van der Waals surface area (Å²) in [6.07, 6.45) is 0. The second-order valence-electron chi connectivity index (χ2n) is 4.67. The van der Waals surface area contributed by atoms with E-state index >= 15 is 0 Å². The molecule has 3 nitrogen and oxygen atoms in total. The van der Waals surface area contributed by atoms with E-state index in [0.29, 0.717) is 16.8 Å². The van der Waals surface area contributed by atoms with Crippen LogP contribution in [-0.4, -0.2) is 11.0 Å². The van der Waals surface area contributed by atoms with Crippen LogP contribution >= 0.6 is 0 Å². The fraction of sp³-hybridized carbons (Fsp3) is 0.133. The van der Waals surface area contributed by atoms with Crippen LogP contribution in [0.5, 0.6) is 0 Å². The fourth-order valence-corrected chi connectivity index (χ4v) is 2.35. The normalized spacial score (nSPS) is 21.1. The molecule has 0 bridgehead atoms. The molecule has 0 radical (unpaired) electrons. The van der Waals surface area contributed by atoms with Crippen LogP contribution in [0.15, 0.2) is 42.5 Å². The van der Waals surface area contributed by atoms with Crippen molar-refractivity contribution in [1.82, 2.24) is 0 Å². The average Bonchev–Trinajstić information content (AvgIpc) is 2.66. The van der Waals surface area contributed by atoms with Crippen LogP contribution in [0.25, 0.3) is 0 Å². The van der Waals surface area contributed by atoms with E-state index in [0.717, 1.165) is 0 Å². The average molecular weight is 257 g/mol. The van der Waals surface area contributed by atoms with Gasteiger partial charge in [-0.05, 0) is 24.6 Å². The van der Waals surface area contributed by atoms with Crippen LogP contribution in [0.2, 0.25) is 0 Å². The van der Waals surface area contributed by atoms with Crippen LogP contribution in [0.1, 0.15) is 16.7 Å². The van der Waals surface area contributed by atoms with Crippen molar-refractivity contribution >= 4 is 11.6 Å². The first-order chi connectivity index (χ1) is 9.03. The molecule has 2 aromatic rings. The van der Waals surface area contributed by atoms with Crippen molar-refractivity contribution < 1.29 is 14.3 Å². The molecule has 96 valence electrons. The van der Waals surface area contributed by atoms with Crippen molar-refractivity contribution in [3.05, 3.63) is 65.0 Å². The van der Waals surface area contributed by atoms with Gasteiger partial charge in [0.2, 0.25) is 0 Å². The summed E-state index contributed by atoms with van der Waals surface area (Å²) in [6.45, 7) is 1.63. The second kappa shape index (κ2) is 3.90. The molecule has 1 unspecified atom stereocenters. The number of amides is 1. The molecule has 0 spiro atoms. The molecule has 4 heteroatoms. The summed E-state index contributed by atoms with van der Waals surface area (Å²) in [5.74, 6) is -1.000. The number of aliphatic hydroxyl groups is 1. The van der Waals surface area contributed by atoms with Crippen molar-refractivity contribution in [1.29, 1.82) is 0 Å². The number of rotatable bonds is 1. The van der Waals surface area contributed by atoms with Crippen LogP contribution < -0.4 is 5.32 Å². The van der Waals surface area contributed by atoms with Crippen LogP contribution in [0, 0.1) is 12.7 Å². The number of carbonyl (C=O) groups excluding carboxylic acids is 1. The van der Waals surface area contributed by atoms with Gasteiger partial charge in [0.25, 0.3) is 5.91 Å². The first-order valence-electron chi connectivity index (χ1n) is 5.93. The summed E-state index contributed by atoms with van der Waals surface area (Å²) in [7, 11) is 0. The third kappa shape index (κ3) is 1.57. The molecule has 1 heterocycles. The van der Waals surface area contributed by atoms with Gasteiger partial charge in [0.05, 0.1) is 0 Å². The van der Waals surface area contributed by atoms with Gasteiger partial charge in [-0.3, -0.25) is 4.79 Å². The van der Waals surface area contributed by atoms with Crippen molar-refractivity contribution in [2.75, 3.05) is 5.32 Å². The Balaban J connectivity index is 2.22. The van der Waals surface area contributed by atoms with Crippen molar-refractivity contribution in [3.63, 3.8) is 0 Å². The maximum Gasteiger partial charge on any atom is 0.265 e. The highest BCUT2D eigenvalue weighted by molar-refractivity contribution is 6.07. The highest BCUT2D eigenvalue weighted by atomic mass is 19.1. The predicted molar refractivity (Wildman–Crippen MR) is 69.2 cm³/mol. The standard InChI is InChI=1S/C15H12FNO2/c1-9-6-7-10(8-12(9)16)15(19)11-4-2-3-5-13(11)17-14(15)18/h2-8,19H,1H3,(H,17,18). The number of carbonyl (C=O) groups is 1. The van der Waals surface area contributed by atoms with Gasteiger partial charge in [0, 0.05) is 16.8 Å². The highest BCUT2D eigenvalue weighted by Crippen LogP contribution is 2.40. The van der Waals surface area contributed by atoms with Gasteiger partial charge in [-0.25, -0.2) is 4.39 Å². The lowest BCUT2D eigenvalue weighted by Gasteiger charge is -2.21. The zero-order valence-electron chi connectivity index (χ0n) is 10.3. The zero-order valence-corrected chi connectivity index (χ0v) is 10.3. The molecule has 1 aliphatic heterocycles. The number of halogens is 1. The minimum Gasteiger partial charge on any atom is -0.372 e.